The van der Waals surface area contributed by atoms with E-state index in [-0.39, 0.29) is 11.9 Å². The van der Waals surface area contributed by atoms with Gasteiger partial charge in [-0.1, -0.05) is 12.1 Å². The fraction of sp³-hybridized carbons (Fsp3) is 0.385. The third kappa shape index (κ3) is 4.49. The zero-order chi connectivity index (χ0) is 22.8. The molecule has 0 N–H and O–H groups in total. The number of carbonyl (C=O) groups excluding carboxylic acids is 1. The molecular formula is C26H32N4O2. The minimum absolute atomic E-state index is 0.0559. The predicted molar refractivity (Wildman–Crippen MR) is 127 cm³/mol. The molecule has 1 amide bonds. The highest BCUT2D eigenvalue weighted by Gasteiger charge is 2.31. The summed E-state index contributed by atoms with van der Waals surface area (Å²) in [6.45, 7) is 9.04. The van der Waals surface area contributed by atoms with Gasteiger partial charge in [0, 0.05) is 42.2 Å². The summed E-state index contributed by atoms with van der Waals surface area (Å²) in [5.41, 5.74) is 4.38. The number of rotatable bonds is 8. The molecule has 0 radical (unpaired) electrons. The Morgan fingerprint density at radius 2 is 1.94 bits per heavy atom. The molecule has 1 aromatic carbocycles. The fourth-order valence-electron chi connectivity index (χ4n) is 4.15. The van der Waals surface area contributed by atoms with Crippen molar-refractivity contribution in [1.29, 1.82) is 0 Å². The molecule has 1 aliphatic rings. The average Bonchev–Trinajstić information content (AvgIpc) is 3.43. The number of amides is 1. The molecule has 1 fully saturated rings. The molecule has 1 aliphatic carbocycles. The van der Waals surface area contributed by atoms with Crippen LogP contribution in [0.15, 0.2) is 48.7 Å². The van der Waals surface area contributed by atoms with Gasteiger partial charge in [0.05, 0.1) is 13.3 Å². The SMILES string of the molecule is COc1ccc(CN(C(=O)/C=C/c2cc(C)n(-c3ccnn3C(C)C)c2C)C2CC2)cc1. The molecule has 6 heteroatoms. The number of ether oxygens (including phenoxy) is 1. The van der Waals surface area contributed by atoms with E-state index in [4.69, 9.17) is 4.74 Å². The van der Waals surface area contributed by atoms with Crippen LogP contribution in [0.1, 0.15) is 55.2 Å². The van der Waals surface area contributed by atoms with E-state index in [1.54, 1.807) is 13.2 Å². The number of carbonyl (C=O) groups is 1. The quantitative estimate of drug-likeness (QED) is 0.466. The minimum Gasteiger partial charge on any atom is -0.497 e. The van der Waals surface area contributed by atoms with Crippen molar-refractivity contribution in [3.05, 3.63) is 71.2 Å². The molecule has 168 valence electrons. The Labute approximate surface area is 190 Å². The highest BCUT2D eigenvalue weighted by molar-refractivity contribution is 5.92. The zero-order valence-electron chi connectivity index (χ0n) is 19.6. The second kappa shape index (κ2) is 9.07. The van der Waals surface area contributed by atoms with Crippen molar-refractivity contribution in [3.8, 4) is 11.6 Å². The molecule has 2 aromatic heterocycles. The molecule has 0 unspecified atom stereocenters. The lowest BCUT2D eigenvalue weighted by Crippen LogP contribution is -2.31. The van der Waals surface area contributed by atoms with E-state index in [0.717, 1.165) is 46.9 Å². The van der Waals surface area contributed by atoms with Gasteiger partial charge in [-0.2, -0.15) is 5.10 Å². The maximum atomic E-state index is 13.1. The summed E-state index contributed by atoms with van der Waals surface area (Å²) in [5.74, 6) is 1.92. The molecule has 2 heterocycles. The highest BCUT2D eigenvalue weighted by Crippen LogP contribution is 2.29. The molecule has 32 heavy (non-hydrogen) atoms. The lowest BCUT2D eigenvalue weighted by molar-refractivity contribution is -0.127. The van der Waals surface area contributed by atoms with E-state index in [1.807, 2.05) is 52.2 Å². The Balaban J connectivity index is 1.54. The second-order valence-corrected chi connectivity index (χ2v) is 8.77. The molecule has 0 atom stereocenters. The first kappa shape index (κ1) is 21.9. The number of nitrogens with zero attached hydrogens (tertiary/aromatic N) is 4. The number of aryl methyl sites for hydroxylation is 1. The van der Waals surface area contributed by atoms with Crippen LogP contribution < -0.4 is 4.74 Å². The Hall–Kier alpha value is -3.28. The van der Waals surface area contributed by atoms with Crippen molar-refractivity contribution < 1.29 is 9.53 Å². The maximum Gasteiger partial charge on any atom is 0.247 e. The number of aromatic nitrogens is 3. The summed E-state index contributed by atoms with van der Waals surface area (Å²) < 4.78 is 9.46. The van der Waals surface area contributed by atoms with Crippen LogP contribution in [0.25, 0.3) is 11.9 Å². The molecule has 6 nitrogen and oxygen atoms in total. The zero-order valence-corrected chi connectivity index (χ0v) is 19.6. The molecule has 0 saturated heterocycles. The lowest BCUT2D eigenvalue weighted by atomic mass is 10.2. The Morgan fingerprint density at radius 1 is 1.22 bits per heavy atom. The maximum absolute atomic E-state index is 13.1. The van der Waals surface area contributed by atoms with Crippen LogP contribution >= 0.6 is 0 Å². The van der Waals surface area contributed by atoms with E-state index in [1.165, 1.54) is 0 Å². The summed E-state index contributed by atoms with van der Waals surface area (Å²) in [7, 11) is 1.66. The standard InChI is InChI=1S/C26H32N4O2/c1-18(2)30-25(14-15-27-30)29-19(3)16-22(20(29)4)8-13-26(31)28(23-9-10-23)17-21-6-11-24(32-5)12-7-21/h6-8,11-16,18,23H,9-10,17H2,1-5H3/b13-8+. The molecule has 0 spiro atoms. The van der Waals surface area contributed by atoms with Crippen LogP contribution in [0.5, 0.6) is 5.75 Å². The first-order chi connectivity index (χ1) is 15.4. The molecular weight excluding hydrogens is 400 g/mol. The Kier molecular flexibility index (Phi) is 6.21. The van der Waals surface area contributed by atoms with E-state index in [0.29, 0.717) is 12.6 Å². The van der Waals surface area contributed by atoms with Crippen molar-refractivity contribution in [2.45, 2.75) is 59.2 Å². The monoisotopic (exact) mass is 432 g/mol. The molecule has 1 saturated carbocycles. The van der Waals surface area contributed by atoms with Gasteiger partial charge in [-0.15, -0.1) is 0 Å². The summed E-state index contributed by atoms with van der Waals surface area (Å²) in [6, 6.07) is 12.7. The number of hydrogen-bond acceptors (Lipinski definition) is 3. The van der Waals surface area contributed by atoms with Crippen LogP contribution in [-0.2, 0) is 11.3 Å². The third-order valence-electron chi connectivity index (χ3n) is 6.03. The van der Waals surface area contributed by atoms with Gasteiger partial charge in [0.15, 0.2) is 0 Å². The molecule has 4 rings (SSSR count). The van der Waals surface area contributed by atoms with Gasteiger partial charge >= 0.3 is 0 Å². The van der Waals surface area contributed by atoms with Crippen molar-refractivity contribution >= 4 is 12.0 Å². The van der Waals surface area contributed by atoms with Crippen molar-refractivity contribution in [1.82, 2.24) is 19.2 Å². The number of benzene rings is 1. The summed E-state index contributed by atoms with van der Waals surface area (Å²) in [6.07, 6.45) is 7.64. The van der Waals surface area contributed by atoms with Crippen LogP contribution in [0, 0.1) is 13.8 Å². The molecule has 3 aromatic rings. The topological polar surface area (TPSA) is 52.3 Å². The summed E-state index contributed by atoms with van der Waals surface area (Å²) in [4.78, 5) is 15.1. The largest absolute Gasteiger partial charge is 0.497 e. The van der Waals surface area contributed by atoms with Crippen molar-refractivity contribution in [3.63, 3.8) is 0 Å². The van der Waals surface area contributed by atoms with Gasteiger partial charge in [-0.05, 0) is 75.9 Å². The van der Waals surface area contributed by atoms with E-state index >= 15 is 0 Å². The van der Waals surface area contributed by atoms with Gasteiger partial charge in [0.25, 0.3) is 0 Å². The van der Waals surface area contributed by atoms with Crippen molar-refractivity contribution in [2.75, 3.05) is 7.11 Å². The van der Waals surface area contributed by atoms with E-state index < -0.39 is 0 Å². The molecule has 0 bridgehead atoms. The van der Waals surface area contributed by atoms with Gasteiger partial charge < -0.3 is 14.2 Å². The molecule has 0 aliphatic heterocycles. The van der Waals surface area contributed by atoms with Gasteiger partial charge in [0.2, 0.25) is 5.91 Å². The Bertz CT molecular complexity index is 1120. The average molecular weight is 433 g/mol. The van der Waals surface area contributed by atoms with Crippen molar-refractivity contribution in [2.24, 2.45) is 0 Å². The second-order valence-electron chi connectivity index (χ2n) is 8.77. The minimum atomic E-state index is 0.0559. The first-order valence-corrected chi connectivity index (χ1v) is 11.2. The summed E-state index contributed by atoms with van der Waals surface area (Å²) in [5, 5.41) is 4.47. The highest BCUT2D eigenvalue weighted by atomic mass is 16.5. The smallest absolute Gasteiger partial charge is 0.247 e. The van der Waals surface area contributed by atoms with Gasteiger partial charge in [0.1, 0.15) is 11.6 Å². The predicted octanol–water partition coefficient (Wildman–Crippen LogP) is 5.08. The van der Waals surface area contributed by atoms with E-state index in [9.17, 15) is 4.79 Å². The van der Waals surface area contributed by atoms with Crippen LogP contribution in [0.3, 0.4) is 0 Å². The normalized spacial score (nSPS) is 13.8. The number of hydrogen-bond donors (Lipinski definition) is 0. The first-order valence-electron chi connectivity index (χ1n) is 11.2. The summed E-state index contributed by atoms with van der Waals surface area (Å²) >= 11 is 0. The van der Waals surface area contributed by atoms with Crippen LogP contribution in [-0.4, -0.2) is 38.3 Å². The van der Waals surface area contributed by atoms with Crippen LogP contribution in [0.4, 0.5) is 0 Å². The lowest BCUT2D eigenvalue weighted by Gasteiger charge is -2.21. The number of methoxy groups -OCH3 is 1. The third-order valence-corrected chi connectivity index (χ3v) is 6.03. The fourth-order valence-corrected chi connectivity index (χ4v) is 4.15. The van der Waals surface area contributed by atoms with E-state index in [2.05, 4.69) is 43.4 Å². The van der Waals surface area contributed by atoms with Gasteiger partial charge in [-0.3, -0.25) is 4.79 Å². The van der Waals surface area contributed by atoms with Gasteiger partial charge in [-0.25, -0.2) is 4.68 Å². The Morgan fingerprint density at radius 3 is 2.56 bits per heavy atom. The van der Waals surface area contributed by atoms with Crippen LogP contribution in [0.2, 0.25) is 0 Å².